The first-order valence-electron chi connectivity index (χ1n) is 3.21. The lowest BCUT2D eigenvalue weighted by Crippen LogP contribution is -2.21. The summed E-state index contributed by atoms with van der Waals surface area (Å²) in [6, 6.07) is 0. The lowest BCUT2D eigenvalue weighted by Gasteiger charge is -2.05. The molecule has 0 radical (unpaired) electrons. The number of nitrogens with two attached hydrogens (primary N) is 2. The van der Waals surface area contributed by atoms with Crippen LogP contribution in [0.4, 0.5) is 17.5 Å². The summed E-state index contributed by atoms with van der Waals surface area (Å²) in [6.45, 7) is 0. The number of aromatic nitrogens is 2. The summed E-state index contributed by atoms with van der Waals surface area (Å²) >= 11 is 0. The van der Waals surface area contributed by atoms with E-state index in [1.54, 1.807) is 0 Å². The van der Waals surface area contributed by atoms with Gasteiger partial charge in [0.2, 0.25) is 5.95 Å². The molecular weight excluding hydrogens is 178 g/mol. The number of nitro groups is 1. The fraction of sp³-hybridized carbons (Fsp3) is 0.200. The molecule has 1 aromatic heterocycles. The molecule has 0 spiro atoms. The zero-order valence-corrected chi connectivity index (χ0v) is 6.72. The average Bonchev–Trinajstić information content (AvgIpc) is 1.99. The van der Waals surface area contributed by atoms with Gasteiger partial charge in [0.1, 0.15) is 0 Å². The van der Waals surface area contributed by atoms with Crippen LogP contribution in [0.2, 0.25) is 0 Å². The molecule has 0 fully saturated rings. The highest BCUT2D eigenvalue weighted by atomic mass is 16.6. The summed E-state index contributed by atoms with van der Waals surface area (Å²) in [7, 11) is 1.38. The number of rotatable bonds is 1. The molecule has 0 saturated carbocycles. The van der Waals surface area contributed by atoms with E-state index in [0.29, 0.717) is 0 Å². The second-order valence-corrected chi connectivity index (χ2v) is 2.33. The van der Waals surface area contributed by atoms with Crippen molar-refractivity contribution in [1.29, 1.82) is 0 Å². The van der Waals surface area contributed by atoms with Gasteiger partial charge in [-0.05, 0) is 0 Å². The van der Waals surface area contributed by atoms with Crippen LogP contribution in [0, 0.1) is 10.1 Å². The number of hydrogen-bond acceptors (Lipinski definition) is 6. The molecule has 8 heteroatoms. The summed E-state index contributed by atoms with van der Waals surface area (Å²) in [5, 5.41) is 10.3. The zero-order chi connectivity index (χ0) is 10.2. The average molecular weight is 185 g/mol. The quantitative estimate of drug-likeness (QED) is 0.419. The number of nitrogens with zero attached hydrogens (tertiary/aromatic N) is 3. The lowest BCUT2D eigenvalue weighted by molar-refractivity contribution is -0.385. The van der Waals surface area contributed by atoms with Crippen molar-refractivity contribution in [2.75, 3.05) is 11.5 Å². The monoisotopic (exact) mass is 185 g/mol. The number of hydrogen-bond donors (Lipinski definition) is 2. The van der Waals surface area contributed by atoms with Crippen molar-refractivity contribution in [3.63, 3.8) is 0 Å². The molecule has 0 bridgehead atoms. The van der Waals surface area contributed by atoms with Crippen molar-refractivity contribution in [2.24, 2.45) is 7.05 Å². The molecule has 0 aliphatic heterocycles. The molecule has 0 saturated heterocycles. The summed E-state index contributed by atoms with van der Waals surface area (Å²) in [5.74, 6) is -0.462. The van der Waals surface area contributed by atoms with Gasteiger partial charge in [-0.15, -0.1) is 0 Å². The second-order valence-electron chi connectivity index (χ2n) is 2.33. The first-order chi connectivity index (χ1) is 5.95. The minimum Gasteiger partial charge on any atom is -0.379 e. The fourth-order valence-corrected chi connectivity index (χ4v) is 0.795. The maximum Gasteiger partial charge on any atom is 0.375 e. The van der Waals surface area contributed by atoms with Crippen LogP contribution in [0.25, 0.3) is 0 Å². The van der Waals surface area contributed by atoms with Crippen molar-refractivity contribution >= 4 is 17.5 Å². The van der Waals surface area contributed by atoms with Crippen LogP contribution in [-0.4, -0.2) is 14.5 Å². The van der Waals surface area contributed by atoms with Crippen LogP contribution in [0.15, 0.2) is 4.79 Å². The van der Waals surface area contributed by atoms with Gasteiger partial charge in [-0.25, -0.2) is 0 Å². The highest BCUT2D eigenvalue weighted by molar-refractivity contribution is 5.53. The molecule has 0 amide bonds. The number of nitrogen functional groups attached to an aromatic ring is 2. The van der Waals surface area contributed by atoms with Crippen molar-refractivity contribution < 1.29 is 4.92 Å². The minimum absolute atomic E-state index is 0.159. The van der Waals surface area contributed by atoms with Gasteiger partial charge < -0.3 is 11.5 Å². The van der Waals surface area contributed by atoms with Gasteiger partial charge in [0.15, 0.2) is 5.82 Å². The van der Waals surface area contributed by atoms with E-state index in [-0.39, 0.29) is 11.8 Å². The van der Waals surface area contributed by atoms with Crippen LogP contribution in [-0.2, 0) is 7.05 Å². The Hall–Kier alpha value is -2.12. The van der Waals surface area contributed by atoms with Crippen molar-refractivity contribution in [3.05, 3.63) is 20.5 Å². The fourth-order valence-electron chi connectivity index (χ4n) is 0.795. The SMILES string of the molecule is Cn1c(N)nc(=O)c([N+](=O)[O-])c1N. The van der Waals surface area contributed by atoms with Crippen LogP contribution in [0.5, 0.6) is 0 Å². The summed E-state index contributed by atoms with van der Waals surface area (Å²) in [4.78, 5) is 23.6. The molecule has 0 atom stereocenters. The summed E-state index contributed by atoms with van der Waals surface area (Å²) in [6.07, 6.45) is 0. The Morgan fingerprint density at radius 3 is 2.54 bits per heavy atom. The Morgan fingerprint density at radius 1 is 1.54 bits per heavy atom. The highest BCUT2D eigenvalue weighted by Crippen LogP contribution is 2.15. The highest BCUT2D eigenvalue weighted by Gasteiger charge is 2.21. The minimum atomic E-state index is -1.03. The first kappa shape index (κ1) is 8.97. The lowest BCUT2D eigenvalue weighted by atomic mass is 10.4. The van der Waals surface area contributed by atoms with Crippen molar-refractivity contribution in [1.82, 2.24) is 9.55 Å². The van der Waals surface area contributed by atoms with E-state index in [1.807, 2.05) is 0 Å². The Labute approximate surface area is 71.9 Å². The van der Waals surface area contributed by atoms with E-state index in [2.05, 4.69) is 4.98 Å². The molecule has 0 aromatic carbocycles. The van der Waals surface area contributed by atoms with Gasteiger partial charge in [0.25, 0.3) is 0 Å². The van der Waals surface area contributed by atoms with Gasteiger partial charge in [0.05, 0.1) is 4.92 Å². The van der Waals surface area contributed by atoms with E-state index in [4.69, 9.17) is 11.5 Å². The molecule has 1 aromatic rings. The molecule has 13 heavy (non-hydrogen) atoms. The molecule has 0 aliphatic carbocycles. The molecule has 1 heterocycles. The maximum absolute atomic E-state index is 10.9. The van der Waals surface area contributed by atoms with Gasteiger partial charge in [-0.3, -0.25) is 19.5 Å². The van der Waals surface area contributed by atoms with Crippen LogP contribution >= 0.6 is 0 Å². The van der Waals surface area contributed by atoms with E-state index < -0.39 is 16.2 Å². The largest absolute Gasteiger partial charge is 0.379 e. The normalized spacial score (nSPS) is 9.92. The van der Waals surface area contributed by atoms with Crippen LogP contribution in [0.1, 0.15) is 0 Å². The summed E-state index contributed by atoms with van der Waals surface area (Å²) in [5.41, 5.74) is 8.74. The van der Waals surface area contributed by atoms with Crippen LogP contribution in [0.3, 0.4) is 0 Å². The second kappa shape index (κ2) is 2.73. The standard InChI is InChI=1S/C5H7N5O3/c1-9-3(6)2(10(12)13)4(11)8-5(9)7/h6H2,1H3,(H2,7,8,11). The third-order valence-corrected chi connectivity index (χ3v) is 1.55. The smallest absolute Gasteiger partial charge is 0.375 e. The molecular formula is C5H7N5O3. The van der Waals surface area contributed by atoms with E-state index >= 15 is 0 Å². The molecule has 4 N–H and O–H groups in total. The molecule has 0 aliphatic rings. The third-order valence-electron chi connectivity index (χ3n) is 1.55. The Bertz CT molecular complexity index is 423. The van der Waals surface area contributed by atoms with Gasteiger partial charge in [-0.1, -0.05) is 0 Å². The van der Waals surface area contributed by atoms with Crippen molar-refractivity contribution in [3.8, 4) is 0 Å². The zero-order valence-electron chi connectivity index (χ0n) is 6.72. The van der Waals surface area contributed by atoms with Crippen LogP contribution < -0.4 is 17.0 Å². The van der Waals surface area contributed by atoms with Gasteiger partial charge in [-0.2, -0.15) is 4.98 Å². The van der Waals surface area contributed by atoms with E-state index in [0.717, 1.165) is 4.57 Å². The van der Waals surface area contributed by atoms with E-state index in [9.17, 15) is 14.9 Å². The molecule has 70 valence electrons. The maximum atomic E-state index is 10.9. The van der Waals surface area contributed by atoms with Gasteiger partial charge >= 0.3 is 11.2 Å². The van der Waals surface area contributed by atoms with E-state index in [1.165, 1.54) is 7.05 Å². The molecule has 0 unspecified atom stereocenters. The Kier molecular flexibility index (Phi) is 1.89. The third kappa shape index (κ3) is 1.28. The Balaban J connectivity index is 3.63. The summed E-state index contributed by atoms with van der Waals surface area (Å²) < 4.78 is 1.07. The van der Waals surface area contributed by atoms with Crippen molar-refractivity contribution in [2.45, 2.75) is 0 Å². The molecule has 1 rings (SSSR count). The molecule has 8 nitrogen and oxygen atoms in total. The Morgan fingerprint density at radius 2 is 2.08 bits per heavy atom. The predicted octanol–water partition coefficient (Wildman–Crippen LogP) is -1.15. The van der Waals surface area contributed by atoms with Gasteiger partial charge in [0, 0.05) is 7.05 Å². The topological polar surface area (TPSA) is 130 Å². The number of anilines is 2. The predicted molar refractivity (Wildman–Crippen MR) is 45.0 cm³/mol. The first-order valence-corrected chi connectivity index (χ1v) is 3.21.